The van der Waals surface area contributed by atoms with Gasteiger partial charge in [-0.2, -0.15) is 0 Å². The van der Waals surface area contributed by atoms with Gasteiger partial charge in [-0.15, -0.1) is 0 Å². The molecule has 0 aliphatic carbocycles. The van der Waals surface area contributed by atoms with E-state index in [9.17, 15) is 0 Å². The average molecular weight is 219 g/mol. The van der Waals surface area contributed by atoms with Crippen molar-refractivity contribution >= 4 is 8.56 Å². The van der Waals surface area contributed by atoms with Gasteiger partial charge in [-0.25, -0.2) is 0 Å². The molecule has 3 nitrogen and oxygen atoms in total. The zero-order valence-electron chi connectivity index (χ0n) is 10.1. The lowest BCUT2D eigenvalue weighted by Gasteiger charge is -2.25. The van der Waals surface area contributed by atoms with Crippen LogP contribution in [0.25, 0.3) is 0 Å². The minimum absolute atomic E-state index is 1.04. The zero-order valence-corrected chi connectivity index (χ0v) is 11.1. The highest BCUT2D eigenvalue weighted by atomic mass is 28.4. The third-order valence-corrected chi connectivity index (χ3v) is 6.30. The van der Waals surface area contributed by atoms with E-state index in [4.69, 9.17) is 8.85 Å². The number of rotatable bonds is 9. The highest BCUT2D eigenvalue weighted by Crippen LogP contribution is 2.18. The molecule has 14 heavy (non-hydrogen) atoms. The van der Waals surface area contributed by atoms with Crippen LogP contribution < -0.4 is 5.32 Å². The Morgan fingerprint density at radius 3 is 2.14 bits per heavy atom. The van der Waals surface area contributed by atoms with Gasteiger partial charge in [0, 0.05) is 14.2 Å². The molecule has 0 atom stereocenters. The smallest absolute Gasteiger partial charge is 0.337 e. The van der Waals surface area contributed by atoms with Crippen molar-refractivity contribution in [2.24, 2.45) is 0 Å². The van der Waals surface area contributed by atoms with Gasteiger partial charge in [0.25, 0.3) is 0 Å². The van der Waals surface area contributed by atoms with Crippen LogP contribution in [0.5, 0.6) is 0 Å². The van der Waals surface area contributed by atoms with Crippen LogP contribution in [0.3, 0.4) is 0 Å². The van der Waals surface area contributed by atoms with Crippen molar-refractivity contribution in [2.45, 2.75) is 38.8 Å². The van der Waals surface area contributed by atoms with Crippen LogP contribution in [0.4, 0.5) is 0 Å². The molecule has 0 aromatic heterocycles. The summed E-state index contributed by atoms with van der Waals surface area (Å²) in [5.41, 5.74) is 0. The molecule has 0 aromatic carbocycles. The van der Waals surface area contributed by atoms with Crippen LogP contribution in [0, 0.1) is 0 Å². The van der Waals surface area contributed by atoms with Crippen molar-refractivity contribution in [2.75, 3.05) is 27.3 Å². The Morgan fingerprint density at radius 1 is 1.07 bits per heavy atom. The standard InChI is InChI=1S/C10H25NO2Si/c1-5-8-11-9-7-10-14(6-2,12-3)13-4/h11H,5-10H2,1-4H3. The number of nitrogens with one attached hydrogen (secondary N) is 1. The molecule has 0 radical (unpaired) electrons. The molecule has 0 aliphatic heterocycles. The summed E-state index contributed by atoms with van der Waals surface area (Å²) in [7, 11) is 1.74. The van der Waals surface area contributed by atoms with Gasteiger partial charge in [0.1, 0.15) is 0 Å². The van der Waals surface area contributed by atoms with Crippen molar-refractivity contribution in [3.8, 4) is 0 Å². The Balaban J connectivity index is 3.61. The Bertz CT molecular complexity index is 121. The van der Waals surface area contributed by atoms with E-state index >= 15 is 0 Å². The molecule has 0 unspecified atom stereocenters. The maximum atomic E-state index is 5.53. The first kappa shape index (κ1) is 14.1. The third kappa shape index (κ3) is 5.10. The zero-order chi connectivity index (χ0) is 10.9. The predicted molar refractivity (Wildman–Crippen MR) is 62.8 cm³/mol. The Labute approximate surface area is 89.4 Å². The van der Waals surface area contributed by atoms with Crippen molar-refractivity contribution in [3.63, 3.8) is 0 Å². The Hall–Kier alpha value is 0.0969. The maximum Gasteiger partial charge on any atom is 0.337 e. The molecule has 0 aromatic rings. The van der Waals surface area contributed by atoms with Crippen LogP contribution in [-0.4, -0.2) is 35.9 Å². The van der Waals surface area contributed by atoms with Crippen molar-refractivity contribution < 1.29 is 8.85 Å². The van der Waals surface area contributed by atoms with Crippen LogP contribution in [0.1, 0.15) is 26.7 Å². The maximum absolute atomic E-state index is 5.53. The molecule has 0 saturated heterocycles. The summed E-state index contributed by atoms with van der Waals surface area (Å²) in [6.07, 6.45) is 2.35. The van der Waals surface area contributed by atoms with E-state index in [1.807, 2.05) is 0 Å². The minimum Gasteiger partial charge on any atom is -0.398 e. The lowest BCUT2D eigenvalue weighted by atomic mass is 10.4. The first-order valence-corrected chi connectivity index (χ1v) is 7.78. The van der Waals surface area contributed by atoms with Gasteiger partial charge in [-0.05, 0) is 38.0 Å². The second kappa shape index (κ2) is 8.41. The fourth-order valence-corrected chi connectivity index (χ4v) is 3.76. The van der Waals surface area contributed by atoms with E-state index in [1.54, 1.807) is 14.2 Å². The summed E-state index contributed by atoms with van der Waals surface area (Å²) < 4.78 is 11.1. The Morgan fingerprint density at radius 2 is 1.71 bits per heavy atom. The van der Waals surface area contributed by atoms with Gasteiger partial charge in [-0.3, -0.25) is 0 Å². The van der Waals surface area contributed by atoms with E-state index in [1.165, 1.54) is 6.42 Å². The molecule has 0 rings (SSSR count). The summed E-state index contributed by atoms with van der Waals surface area (Å²) in [6, 6.07) is 2.13. The molecule has 0 fully saturated rings. The average Bonchev–Trinajstić information content (AvgIpc) is 2.24. The van der Waals surface area contributed by atoms with Crippen LogP contribution in [-0.2, 0) is 8.85 Å². The van der Waals surface area contributed by atoms with Gasteiger partial charge in [-0.1, -0.05) is 13.8 Å². The summed E-state index contributed by atoms with van der Waals surface area (Å²) in [5.74, 6) is 0. The highest BCUT2D eigenvalue weighted by Gasteiger charge is 2.32. The lowest BCUT2D eigenvalue weighted by Crippen LogP contribution is -2.39. The molecule has 86 valence electrons. The lowest BCUT2D eigenvalue weighted by molar-refractivity contribution is 0.241. The van der Waals surface area contributed by atoms with Crippen LogP contribution >= 0.6 is 0 Å². The second-order valence-corrected chi connectivity index (χ2v) is 7.37. The third-order valence-electron chi connectivity index (χ3n) is 2.62. The largest absolute Gasteiger partial charge is 0.398 e. The molecule has 0 saturated carbocycles. The van der Waals surface area contributed by atoms with E-state index in [-0.39, 0.29) is 0 Å². The number of hydrogen-bond donors (Lipinski definition) is 1. The summed E-state index contributed by atoms with van der Waals surface area (Å²) >= 11 is 0. The number of hydrogen-bond acceptors (Lipinski definition) is 3. The molecular weight excluding hydrogens is 194 g/mol. The molecule has 0 spiro atoms. The normalized spacial score (nSPS) is 12.0. The predicted octanol–water partition coefficient (Wildman–Crippen LogP) is 2.13. The SMILES string of the molecule is CCCNCCC[Si](CC)(OC)OC. The molecule has 0 amide bonds. The van der Waals surface area contributed by atoms with Gasteiger partial charge < -0.3 is 14.2 Å². The molecular formula is C10H25NO2Si. The summed E-state index contributed by atoms with van der Waals surface area (Å²) in [6.45, 7) is 6.52. The summed E-state index contributed by atoms with van der Waals surface area (Å²) in [5, 5.41) is 3.39. The van der Waals surface area contributed by atoms with Gasteiger partial charge in [0.05, 0.1) is 0 Å². The Kier molecular flexibility index (Phi) is 8.47. The molecule has 1 N–H and O–H groups in total. The highest BCUT2D eigenvalue weighted by molar-refractivity contribution is 6.67. The van der Waals surface area contributed by atoms with Crippen molar-refractivity contribution in [1.82, 2.24) is 5.32 Å². The van der Waals surface area contributed by atoms with Gasteiger partial charge in [0.2, 0.25) is 0 Å². The fraction of sp³-hybridized carbons (Fsp3) is 1.00. The van der Waals surface area contributed by atoms with E-state index in [0.29, 0.717) is 0 Å². The van der Waals surface area contributed by atoms with E-state index in [2.05, 4.69) is 19.2 Å². The summed E-state index contributed by atoms with van der Waals surface area (Å²) in [4.78, 5) is 0. The van der Waals surface area contributed by atoms with Gasteiger partial charge in [0.15, 0.2) is 0 Å². The fourth-order valence-electron chi connectivity index (χ4n) is 1.54. The van der Waals surface area contributed by atoms with Crippen molar-refractivity contribution in [3.05, 3.63) is 0 Å². The molecule has 0 aliphatic rings. The first-order valence-electron chi connectivity index (χ1n) is 5.55. The monoisotopic (exact) mass is 219 g/mol. The van der Waals surface area contributed by atoms with Gasteiger partial charge >= 0.3 is 8.56 Å². The first-order chi connectivity index (χ1) is 6.74. The second-order valence-electron chi connectivity index (χ2n) is 3.53. The van der Waals surface area contributed by atoms with E-state index in [0.717, 1.165) is 31.6 Å². The molecule has 4 heteroatoms. The van der Waals surface area contributed by atoms with E-state index < -0.39 is 8.56 Å². The molecule has 0 bridgehead atoms. The van der Waals surface area contributed by atoms with Crippen molar-refractivity contribution in [1.29, 1.82) is 0 Å². The van der Waals surface area contributed by atoms with Crippen LogP contribution in [0.15, 0.2) is 0 Å². The molecule has 0 heterocycles. The van der Waals surface area contributed by atoms with Crippen LogP contribution in [0.2, 0.25) is 12.1 Å². The quantitative estimate of drug-likeness (QED) is 0.476. The topological polar surface area (TPSA) is 30.5 Å². The minimum atomic E-state index is -1.82.